The normalized spacial score (nSPS) is 12.3. The first kappa shape index (κ1) is 16.6. The number of aryl methyl sites for hydroxylation is 1. The van der Waals surface area contributed by atoms with Gasteiger partial charge in [-0.2, -0.15) is 5.10 Å². The summed E-state index contributed by atoms with van der Waals surface area (Å²) >= 11 is 0. The Hall–Kier alpha value is -2.21. The molecule has 24 heavy (non-hydrogen) atoms. The molecule has 0 bridgehead atoms. The first-order chi connectivity index (χ1) is 11.4. The van der Waals surface area contributed by atoms with Crippen LogP contribution in [0.25, 0.3) is 21.9 Å². The summed E-state index contributed by atoms with van der Waals surface area (Å²) in [6.07, 6.45) is 3.66. The fourth-order valence-electron chi connectivity index (χ4n) is 3.01. The highest BCUT2D eigenvalue weighted by Gasteiger charge is 2.18. The smallest absolute Gasteiger partial charge is 0.162 e. The number of nitrogens with zero attached hydrogens (tertiary/aromatic N) is 4. The monoisotopic (exact) mass is 326 g/mol. The largest absolute Gasteiger partial charge is 0.382 e. The van der Waals surface area contributed by atoms with E-state index >= 15 is 0 Å². The molecule has 3 aromatic heterocycles. The minimum absolute atomic E-state index is 0.0929. The Balaban J connectivity index is 2.14. The Morgan fingerprint density at radius 2 is 2.08 bits per heavy atom. The van der Waals surface area contributed by atoms with E-state index in [0.29, 0.717) is 11.5 Å². The Bertz CT molecular complexity index is 859. The molecule has 0 aliphatic carbocycles. The lowest BCUT2D eigenvalue weighted by molar-refractivity contribution is 0.425. The third-order valence-electron chi connectivity index (χ3n) is 4.04. The molecule has 0 saturated heterocycles. The third kappa shape index (κ3) is 3.19. The first-order valence-electron chi connectivity index (χ1n) is 8.55. The van der Waals surface area contributed by atoms with E-state index in [9.17, 15) is 0 Å². The standard InChI is InChI=1S/C18H26N6/c1-5-11-24-13(8-10-21-18(2,3)4)14-12-7-6-9-20-17(12)22-16(19)15(14)23-24/h6-7,9,21H,5,8,10-11H2,1-4H3,(H2,19,20,22). The summed E-state index contributed by atoms with van der Waals surface area (Å²) < 4.78 is 2.08. The fourth-order valence-corrected chi connectivity index (χ4v) is 3.01. The molecule has 0 atom stereocenters. The summed E-state index contributed by atoms with van der Waals surface area (Å²) in [5, 5.41) is 10.4. The van der Waals surface area contributed by atoms with Gasteiger partial charge in [-0.1, -0.05) is 6.92 Å². The summed E-state index contributed by atoms with van der Waals surface area (Å²) in [5.74, 6) is 0.455. The van der Waals surface area contributed by atoms with E-state index in [1.165, 1.54) is 5.69 Å². The van der Waals surface area contributed by atoms with Crippen molar-refractivity contribution in [1.29, 1.82) is 0 Å². The molecule has 6 nitrogen and oxygen atoms in total. The molecule has 128 valence electrons. The lowest BCUT2D eigenvalue weighted by Crippen LogP contribution is -2.37. The molecule has 0 aliphatic rings. The van der Waals surface area contributed by atoms with Gasteiger partial charge < -0.3 is 11.1 Å². The number of pyridine rings is 2. The Morgan fingerprint density at radius 1 is 1.29 bits per heavy atom. The van der Waals surface area contributed by atoms with Crippen LogP contribution >= 0.6 is 0 Å². The van der Waals surface area contributed by atoms with Crippen LogP contribution < -0.4 is 11.1 Å². The van der Waals surface area contributed by atoms with Crippen molar-refractivity contribution in [2.45, 2.75) is 52.6 Å². The summed E-state index contributed by atoms with van der Waals surface area (Å²) in [5.41, 5.74) is 8.92. The van der Waals surface area contributed by atoms with Gasteiger partial charge in [-0.3, -0.25) is 4.68 Å². The minimum atomic E-state index is 0.0929. The lowest BCUT2D eigenvalue weighted by Gasteiger charge is -2.20. The maximum Gasteiger partial charge on any atom is 0.162 e. The number of nitrogens with one attached hydrogen (secondary N) is 1. The molecule has 3 N–H and O–H groups in total. The second-order valence-corrected chi connectivity index (χ2v) is 7.19. The summed E-state index contributed by atoms with van der Waals surface area (Å²) in [4.78, 5) is 8.78. The van der Waals surface area contributed by atoms with E-state index in [1.54, 1.807) is 6.20 Å². The molecule has 0 aliphatic heterocycles. The molecular formula is C18H26N6. The molecule has 0 fully saturated rings. The predicted molar refractivity (Wildman–Crippen MR) is 99.0 cm³/mol. The number of anilines is 1. The first-order valence-corrected chi connectivity index (χ1v) is 8.55. The van der Waals surface area contributed by atoms with Gasteiger partial charge in [0.2, 0.25) is 0 Å². The highest BCUT2D eigenvalue weighted by atomic mass is 15.3. The van der Waals surface area contributed by atoms with Crippen LogP contribution in [0.3, 0.4) is 0 Å². The molecule has 0 unspecified atom stereocenters. The number of nitrogens with two attached hydrogens (primary N) is 1. The van der Waals surface area contributed by atoms with Gasteiger partial charge in [-0.15, -0.1) is 0 Å². The van der Waals surface area contributed by atoms with Crippen molar-refractivity contribution < 1.29 is 0 Å². The maximum absolute atomic E-state index is 6.16. The van der Waals surface area contributed by atoms with Gasteiger partial charge in [0.25, 0.3) is 0 Å². The summed E-state index contributed by atoms with van der Waals surface area (Å²) in [6.45, 7) is 10.4. The van der Waals surface area contributed by atoms with Crippen LogP contribution in [-0.4, -0.2) is 31.8 Å². The SMILES string of the molecule is CCCn1nc2c(N)nc3ncccc3c2c1CCNC(C)(C)C. The number of hydrogen-bond acceptors (Lipinski definition) is 5. The van der Waals surface area contributed by atoms with Crippen LogP contribution in [0.5, 0.6) is 0 Å². The average Bonchev–Trinajstić information content (AvgIpc) is 2.86. The fraction of sp³-hybridized carbons (Fsp3) is 0.500. The highest BCUT2D eigenvalue weighted by molar-refractivity contribution is 6.08. The van der Waals surface area contributed by atoms with Crippen LogP contribution in [0.4, 0.5) is 5.82 Å². The van der Waals surface area contributed by atoms with Crippen LogP contribution in [0.2, 0.25) is 0 Å². The summed E-state index contributed by atoms with van der Waals surface area (Å²) in [7, 11) is 0. The van der Waals surface area contributed by atoms with E-state index < -0.39 is 0 Å². The van der Waals surface area contributed by atoms with Gasteiger partial charge in [0.05, 0.1) is 0 Å². The second-order valence-electron chi connectivity index (χ2n) is 7.19. The van der Waals surface area contributed by atoms with E-state index in [0.717, 1.165) is 42.2 Å². The molecule has 0 radical (unpaired) electrons. The molecule has 6 heteroatoms. The van der Waals surface area contributed by atoms with Crippen molar-refractivity contribution in [3.63, 3.8) is 0 Å². The molecule has 3 heterocycles. The average molecular weight is 326 g/mol. The van der Waals surface area contributed by atoms with Gasteiger partial charge in [0.1, 0.15) is 5.52 Å². The van der Waals surface area contributed by atoms with Crippen molar-refractivity contribution >= 4 is 27.8 Å². The van der Waals surface area contributed by atoms with Gasteiger partial charge >= 0.3 is 0 Å². The second kappa shape index (κ2) is 6.36. The van der Waals surface area contributed by atoms with Crippen LogP contribution in [0.15, 0.2) is 18.3 Å². The molecule has 0 amide bonds. The van der Waals surface area contributed by atoms with Crippen molar-refractivity contribution in [2.24, 2.45) is 0 Å². The van der Waals surface area contributed by atoms with Crippen LogP contribution in [0, 0.1) is 0 Å². The van der Waals surface area contributed by atoms with E-state index in [4.69, 9.17) is 10.8 Å². The zero-order chi connectivity index (χ0) is 17.3. The Kier molecular flexibility index (Phi) is 4.41. The highest BCUT2D eigenvalue weighted by Crippen LogP contribution is 2.29. The number of fused-ring (bicyclic) bond motifs is 3. The predicted octanol–water partition coefficient (Wildman–Crippen LogP) is 2.90. The topological polar surface area (TPSA) is 81.7 Å². The van der Waals surface area contributed by atoms with Gasteiger partial charge in [0, 0.05) is 47.7 Å². The zero-order valence-corrected chi connectivity index (χ0v) is 14.9. The van der Waals surface area contributed by atoms with Crippen molar-refractivity contribution in [1.82, 2.24) is 25.1 Å². The van der Waals surface area contributed by atoms with Crippen molar-refractivity contribution in [3.8, 4) is 0 Å². The molecule has 0 aromatic carbocycles. The minimum Gasteiger partial charge on any atom is -0.382 e. The Morgan fingerprint density at radius 3 is 2.79 bits per heavy atom. The molecular weight excluding hydrogens is 300 g/mol. The quantitative estimate of drug-likeness (QED) is 0.753. The van der Waals surface area contributed by atoms with Gasteiger partial charge in [-0.05, 0) is 39.3 Å². The van der Waals surface area contributed by atoms with Crippen molar-refractivity contribution in [3.05, 3.63) is 24.0 Å². The van der Waals surface area contributed by atoms with Crippen LogP contribution in [-0.2, 0) is 13.0 Å². The number of nitrogen functional groups attached to an aromatic ring is 1. The van der Waals surface area contributed by atoms with Gasteiger partial charge in [-0.25, -0.2) is 9.97 Å². The van der Waals surface area contributed by atoms with Crippen LogP contribution in [0.1, 0.15) is 39.8 Å². The molecule has 0 spiro atoms. The lowest BCUT2D eigenvalue weighted by atomic mass is 10.1. The Labute approximate surface area is 142 Å². The van der Waals surface area contributed by atoms with E-state index in [2.05, 4.69) is 53.7 Å². The zero-order valence-electron chi connectivity index (χ0n) is 14.9. The number of aromatic nitrogens is 4. The summed E-state index contributed by atoms with van der Waals surface area (Å²) in [6, 6.07) is 3.99. The van der Waals surface area contributed by atoms with E-state index in [-0.39, 0.29) is 5.54 Å². The molecule has 0 saturated carbocycles. The van der Waals surface area contributed by atoms with Gasteiger partial charge in [0.15, 0.2) is 11.5 Å². The van der Waals surface area contributed by atoms with Crippen molar-refractivity contribution in [2.75, 3.05) is 12.3 Å². The number of hydrogen-bond donors (Lipinski definition) is 2. The molecule has 3 rings (SSSR count). The maximum atomic E-state index is 6.16. The van der Waals surface area contributed by atoms with E-state index in [1.807, 2.05) is 6.07 Å². The third-order valence-corrected chi connectivity index (χ3v) is 4.04. The molecule has 3 aromatic rings. The number of rotatable bonds is 5.